The second-order valence-electron chi connectivity index (χ2n) is 8.91. The monoisotopic (exact) mass is 544 g/mol. The van der Waals surface area contributed by atoms with Crippen LogP contribution < -0.4 is 14.2 Å². The maximum Gasteiger partial charge on any atom is 0.257 e. The van der Waals surface area contributed by atoms with Crippen LogP contribution in [-0.2, 0) is 16.6 Å². The van der Waals surface area contributed by atoms with E-state index in [0.717, 1.165) is 30.0 Å². The van der Waals surface area contributed by atoms with Crippen LogP contribution >= 0.6 is 0 Å². The van der Waals surface area contributed by atoms with Gasteiger partial charge in [-0.05, 0) is 49.2 Å². The van der Waals surface area contributed by atoms with Gasteiger partial charge < -0.3 is 23.6 Å². The molecule has 1 aliphatic heterocycles. The van der Waals surface area contributed by atoms with Crippen molar-refractivity contribution in [2.75, 3.05) is 41.5 Å². The molecule has 11 nitrogen and oxygen atoms in total. The van der Waals surface area contributed by atoms with Gasteiger partial charge in [0.25, 0.3) is 5.91 Å². The topological polar surface area (TPSA) is 124 Å². The van der Waals surface area contributed by atoms with Gasteiger partial charge in [0.1, 0.15) is 5.75 Å². The maximum atomic E-state index is 13.4. The number of amides is 1. The molecule has 0 spiro atoms. The third-order valence-corrected chi connectivity index (χ3v) is 8.27. The number of benzene rings is 2. The molecule has 1 aromatic heterocycles. The summed E-state index contributed by atoms with van der Waals surface area (Å²) in [6.45, 7) is 1.11. The fraction of sp³-hybridized carbons (Fsp3) is 0.423. The molecule has 0 saturated carbocycles. The zero-order valence-corrected chi connectivity index (χ0v) is 22.8. The van der Waals surface area contributed by atoms with Crippen LogP contribution in [0.4, 0.5) is 0 Å². The first-order chi connectivity index (χ1) is 18.3. The zero-order chi connectivity index (χ0) is 27.3. The van der Waals surface area contributed by atoms with Crippen molar-refractivity contribution in [1.29, 1.82) is 0 Å². The van der Waals surface area contributed by atoms with Gasteiger partial charge in [0.2, 0.25) is 21.7 Å². The Labute approximate surface area is 222 Å². The summed E-state index contributed by atoms with van der Waals surface area (Å²) >= 11 is 0. The van der Waals surface area contributed by atoms with Crippen molar-refractivity contribution in [3.8, 4) is 28.6 Å². The zero-order valence-electron chi connectivity index (χ0n) is 22.0. The Bertz CT molecular complexity index is 1380. The largest absolute Gasteiger partial charge is 0.496 e. The SMILES string of the molecule is COc1ccc(-c2noc(CN(C)S(=O)(=O)c3ccc(OC)c(C(=O)N4CCCCCC4)c3)n2)cc1OC. The molecule has 0 atom stereocenters. The van der Waals surface area contributed by atoms with Crippen LogP contribution in [0.15, 0.2) is 45.8 Å². The summed E-state index contributed by atoms with van der Waals surface area (Å²) in [4.78, 5) is 19.4. The third-order valence-electron chi connectivity index (χ3n) is 6.47. The lowest BCUT2D eigenvalue weighted by Crippen LogP contribution is -2.32. The van der Waals surface area contributed by atoms with Crippen LogP contribution in [0.25, 0.3) is 11.4 Å². The molecule has 0 radical (unpaired) electrons. The number of carbonyl (C=O) groups excluding carboxylic acids is 1. The van der Waals surface area contributed by atoms with E-state index in [-0.39, 0.29) is 34.6 Å². The molecule has 2 aromatic carbocycles. The first-order valence-electron chi connectivity index (χ1n) is 12.3. The summed E-state index contributed by atoms with van der Waals surface area (Å²) in [5.41, 5.74) is 0.840. The lowest BCUT2D eigenvalue weighted by Gasteiger charge is -2.22. The highest BCUT2D eigenvalue weighted by Crippen LogP contribution is 2.31. The van der Waals surface area contributed by atoms with E-state index in [1.807, 2.05) is 0 Å². The average molecular weight is 545 g/mol. The number of hydrogen-bond donors (Lipinski definition) is 0. The Morgan fingerprint density at radius 1 is 0.947 bits per heavy atom. The maximum absolute atomic E-state index is 13.4. The third kappa shape index (κ3) is 5.76. The Balaban J connectivity index is 1.55. The minimum absolute atomic E-state index is 0.0291. The highest BCUT2D eigenvalue weighted by Gasteiger charge is 2.27. The van der Waals surface area contributed by atoms with Crippen molar-refractivity contribution in [2.24, 2.45) is 0 Å². The van der Waals surface area contributed by atoms with Crippen molar-refractivity contribution in [1.82, 2.24) is 19.3 Å². The van der Waals surface area contributed by atoms with Crippen molar-refractivity contribution in [2.45, 2.75) is 37.1 Å². The molecular formula is C26H32N4O7S. The van der Waals surface area contributed by atoms with Crippen LogP contribution in [0.2, 0.25) is 0 Å². The van der Waals surface area contributed by atoms with E-state index in [2.05, 4.69) is 10.1 Å². The minimum atomic E-state index is -3.99. The summed E-state index contributed by atoms with van der Waals surface area (Å²) in [6, 6.07) is 9.47. The van der Waals surface area contributed by atoms with Crippen LogP contribution in [0.3, 0.4) is 0 Å². The molecule has 2 heterocycles. The first-order valence-corrected chi connectivity index (χ1v) is 13.7. The molecule has 0 bridgehead atoms. The number of rotatable bonds is 9. The highest BCUT2D eigenvalue weighted by molar-refractivity contribution is 7.89. The molecule has 0 unspecified atom stereocenters. The Hall–Kier alpha value is -3.64. The molecular weight excluding hydrogens is 512 g/mol. The van der Waals surface area contributed by atoms with Gasteiger partial charge in [-0.3, -0.25) is 4.79 Å². The molecule has 4 rings (SSSR count). The van der Waals surface area contributed by atoms with Crippen molar-refractivity contribution in [3.05, 3.63) is 47.9 Å². The van der Waals surface area contributed by atoms with E-state index in [9.17, 15) is 13.2 Å². The molecule has 0 N–H and O–H groups in total. The van der Waals surface area contributed by atoms with Gasteiger partial charge in [-0.1, -0.05) is 18.0 Å². The van der Waals surface area contributed by atoms with Gasteiger partial charge in [0.05, 0.1) is 38.3 Å². The smallest absolute Gasteiger partial charge is 0.257 e. The molecule has 0 aliphatic carbocycles. The lowest BCUT2D eigenvalue weighted by atomic mass is 10.1. The second-order valence-corrected chi connectivity index (χ2v) is 11.0. The van der Waals surface area contributed by atoms with E-state index in [4.69, 9.17) is 18.7 Å². The van der Waals surface area contributed by atoms with Crippen LogP contribution in [0, 0.1) is 0 Å². The van der Waals surface area contributed by atoms with Gasteiger partial charge in [-0.15, -0.1) is 0 Å². The molecule has 1 fully saturated rings. The average Bonchev–Trinajstić information content (AvgIpc) is 3.23. The second kappa shape index (κ2) is 11.8. The summed E-state index contributed by atoms with van der Waals surface area (Å²) in [6.07, 6.45) is 3.99. The van der Waals surface area contributed by atoms with Gasteiger partial charge in [-0.2, -0.15) is 9.29 Å². The minimum Gasteiger partial charge on any atom is -0.496 e. The number of hydrogen-bond acceptors (Lipinski definition) is 9. The lowest BCUT2D eigenvalue weighted by molar-refractivity contribution is 0.0758. The van der Waals surface area contributed by atoms with E-state index >= 15 is 0 Å². The molecule has 204 valence electrons. The molecule has 1 saturated heterocycles. The number of ether oxygens (including phenoxy) is 3. The van der Waals surface area contributed by atoms with Gasteiger partial charge in [0.15, 0.2) is 11.5 Å². The van der Waals surface area contributed by atoms with Crippen LogP contribution in [0.5, 0.6) is 17.2 Å². The number of nitrogens with zero attached hydrogens (tertiary/aromatic N) is 4. The Morgan fingerprint density at radius 3 is 2.26 bits per heavy atom. The van der Waals surface area contributed by atoms with E-state index in [1.165, 1.54) is 46.6 Å². The Kier molecular flexibility index (Phi) is 8.52. The van der Waals surface area contributed by atoms with Crippen LogP contribution in [0.1, 0.15) is 41.9 Å². The number of likely N-dealkylation sites (tertiary alicyclic amines) is 1. The fourth-order valence-corrected chi connectivity index (χ4v) is 5.47. The molecule has 1 aliphatic rings. The van der Waals surface area contributed by atoms with Crippen molar-refractivity contribution < 1.29 is 31.9 Å². The van der Waals surface area contributed by atoms with Gasteiger partial charge in [0, 0.05) is 25.7 Å². The van der Waals surface area contributed by atoms with Gasteiger partial charge in [-0.25, -0.2) is 8.42 Å². The van der Waals surface area contributed by atoms with Crippen LogP contribution in [-0.4, -0.2) is 75.1 Å². The number of carbonyl (C=O) groups is 1. The summed E-state index contributed by atoms with van der Waals surface area (Å²) in [5, 5.41) is 3.97. The van der Waals surface area contributed by atoms with Crippen molar-refractivity contribution >= 4 is 15.9 Å². The standard InChI is InChI=1S/C26H32N4O7S/c1-29(17-24-27-25(28-37-24)18-9-11-22(35-3)23(15-18)36-4)38(32,33)19-10-12-21(34-2)20(16-19)26(31)30-13-7-5-6-8-14-30/h9-12,15-16H,5-8,13-14,17H2,1-4H3. The van der Waals surface area contributed by atoms with E-state index in [0.29, 0.717) is 35.9 Å². The highest BCUT2D eigenvalue weighted by atomic mass is 32.2. The molecule has 3 aromatic rings. The summed E-state index contributed by atoms with van der Waals surface area (Å²) in [7, 11) is 1.94. The fourth-order valence-electron chi connectivity index (χ4n) is 4.33. The summed E-state index contributed by atoms with van der Waals surface area (Å²) < 4.78 is 49.2. The molecule has 12 heteroatoms. The number of methoxy groups -OCH3 is 3. The number of sulfonamides is 1. The van der Waals surface area contributed by atoms with Gasteiger partial charge >= 0.3 is 0 Å². The predicted octanol–water partition coefficient (Wildman–Crippen LogP) is 3.60. The van der Waals surface area contributed by atoms with E-state index < -0.39 is 10.0 Å². The van der Waals surface area contributed by atoms with E-state index in [1.54, 1.807) is 23.1 Å². The molecule has 1 amide bonds. The Morgan fingerprint density at radius 2 is 1.61 bits per heavy atom. The predicted molar refractivity (Wildman–Crippen MR) is 139 cm³/mol. The number of aromatic nitrogens is 2. The quantitative estimate of drug-likeness (QED) is 0.397. The summed E-state index contributed by atoms with van der Waals surface area (Å²) in [5.74, 6) is 1.54. The molecule has 38 heavy (non-hydrogen) atoms. The van der Waals surface area contributed by atoms with Crippen molar-refractivity contribution in [3.63, 3.8) is 0 Å². The first kappa shape index (κ1) is 27.4. The normalized spacial score (nSPS) is 14.3.